The van der Waals surface area contributed by atoms with E-state index in [0.717, 1.165) is 173 Å². The standard InChI is InChI=1S/C93H146O17P2/c1-5-9-13-17-21-25-29-33-37-41-43-47-49-53-57-61-65-69-73-77-90(95)103-83-88(109-92(97)79-75-71-67-63-59-55-51-45-39-35-31-27-23-19-15-11-7-3)85-107-111(99,100)105-81-87(94)82-106-112(101,102)108-86-89(110-93(98)80-76-72-68-64-60-56-52-46-40-36-32-28-24-20-16-12-8-4)84-104-91(96)78-74-70-66-62-58-54-50-48-44-42-38-34-30-26-22-18-14-10-6-2/h9,11-13,15-16,21-28,33-40,43-44,47-48,51-53,55-57,63-64,67-68,87-89,94H,5-8,10,14,17-20,29-32,41-42,45-46,49-50,54,58-62,65-66,69-86H2,1-4H3,(H,99,100)(H,101,102)/b13-9-,15-11-,16-12-,25-21-,26-22-,27-23-,28-24-,37-33-,38-34-,39-35-,40-36-,47-43-,48-44-,55-51-,56-52-,57-53-,67-63-,68-64-. The first-order valence-electron chi connectivity index (χ1n) is 42.0. The van der Waals surface area contributed by atoms with E-state index in [2.05, 4.69) is 222 Å². The van der Waals surface area contributed by atoms with Crippen molar-refractivity contribution < 1.29 is 80.2 Å². The topological polar surface area (TPSA) is 237 Å². The minimum atomic E-state index is -5.02. The van der Waals surface area contributed by atoms with Gasteiger partial charge in [0.2, 0.25) is 0 Å². The predicted octanol–water partition coefficient (Wildman–Crippen LogP) is 25.2. The van der Waals surface area contributed by atoms with Gasteiger partial charge in [0, 0.05) is 25.7 Å². The van der Waals surface area contributed by atoms with E-state index in [4.69, 9.17) is 37.0 Å². The Morgan fingerprint density at radius 2 is 0.473 bits per heavy atom. The smallest absolute Gasteiger partial charge is 0.462 e. The number of aliphatic hydroxyl groups is 1. The molecule has 0 amide bonds. The zero-order chi connectivity index (χ0) is 81.7. The fraction of sp³-hybridized carbons (Fsp3) is 0.570. The molecule has 0 aromatic rings. The molecule has 630 valence electrons. The van der Waals surface area contributed by atoms with Gasteiger partial charge in [-0.2, -0.15) is 0 Å². The highest BCUT2D eigenvalue weighted by Crippen LogP contribution is 2.45. The summed E-state index contributed by atoms with van der Waals surface area (Å²) in [5, 5.41) is 10.7. The normalized spacial score (nSPS) is 14.9. The van der Waals surface area contributed by atoms with Crippen LogP contribution in [0.25, 0.3) is 0 Å². The first-order valence-corrected chi connectivity index (χ1v) is 45.0. The van der Waals surface area contributed by atoms with E-state index in [9.17, 15) is 43.2 Å². The third-order valence-corrected chi connectivity index (χ3v) is 18.3. The summed E-state index contributed by atoms with van der Waals surface area (Å²) >= 11 is 0. The van der Waals surface area contributed by atoms with Crippen molar-refractivity contribution in [1.29, 1.82) is 0 Å². The van der Waals surface area contributed by atoms with Crippen LogP contribution in [0.5, 0.6) is 0 Å². The molecule has 0 spiro atoms. The monoisotopic (exact) mass is 1600 g/mol. The molecule has 0 aliphatic carbocycles. The minimum Gasteiger partial charge on any atom is -0.462 e. The van der Waals surface area contributed by atoms with Crippen LogP contribution in [0.3, 0.4) is 0 Å². The van der Waals surface area contributed by atoms with E-state index in [1.165, 1.54) is 19.3 Å². The molecule has 0 bridgehead atoms. The molecular weight excluding hydrogens is 1450 g/mol. The predicted molar refractivity (Wildman–Crippen MR) is 463 cm³/mol. The van der Waals surface area contributed by atoms with Crippen LogP contribution in [-0.2, 0) is 65.4 Å². The van der Waals surface area contributed by atoms with Crippen LogP contribution < -0.4 is 0 Å². The highest BCUT2D eigenvalue weighted by Gasteiger charge is 2.30. The number of allylic oxidation sites excluding steroid dienone is 36. The highest BCUT2D eigenvalue weighted by atomic mass is 31.2. The molecule has 5 unspecified atom stereocenters. The van der Waals surface area contributed by atoms with E-state index < -0.39 is 97.5 Å². The molecule has 0 aromatic heterocycles. The summed E-state index contributed by atoms with van der Waals surface area (Å²) in [7, 11) is -10.0. The van der Waals surface area contributed by atoms with Gasteiger partial charge in [-0.3, -0.25) is 37.3 Å². The van der Waals surface area contributed by atoms with E-state index in [1.807, 2.05) is 24.3 Å². The summed E-state index contributed by atoms with van der Waals surface area (Å²) in [5.41, 5.74) is 0. The summed E-state index contributed by atoms with van der Waals surface area (Å²) < 4.78 is 68.6. The van der Waals surface area contributed by atoms with Gasteiger partial charge in [-0.25, -0.2) is 9.13 Å². The van der Waals surface area contributed by atoms with Gasteiger partial charge < -0.3 is 33.8 Å². The Bertz CT molecular complexity index is 2990. The summed E-state index contributed by atoms with van der Waals surface area (Å²) in [4.78, 5) is 73.2. The maximum Gasteiger partial charge on any atom is 0.472 e. The Kier molecular flexibility index (Phi) is 77.5. The molecule has 0 aliphatic heterocycles. The summed E-state index contributed by atoms with van der Waals surface area (Å²) in [6.45, 7) is 4.30. The van der Waals surface area contributed by atoms with Crippen molar-refractivity contribution in [1.82, 2.24) is 0 Å². The van der Waals surface area contributed by atoms with Crippen LogP contribution in [0, 0.1) is 0 Å². The molecule has 0 rings (SSSR count). The Hall–Kier alpha value is -6.62. The molecule has 19 heteroatoms. The number of unbranched alkanes of at least 4 members (excludes halogenated alkanes) is 14. The average molecular weight is 1600 g/mol. The molecule has 0 fully saturated rings. The van der Waals surface area contributed by atoms with Crippen LogP contribution in [0.2, 0.25) is 0 Å². The number of rotatable bonds is 76. The number of hydrogen-bond acceptors (Lipinski definition) is 15. The molecule has 0 saturated carbocycles. The first kappa shape index (κ1) is 105. The zero-order valence-corrected chi connectivity index (χ0v) is 70.8. The third kappa shape index (κ3) is 81.4. The Morgan fingerprint density at radius 3 is 0.750 bits per heavy atom. The zero-order valence-electron chi connectivity index (χ0n) is 69.0. The maximum absolute atomic E-state index is 13.1. The van der Waals surface area contributed by atoms with Gasteiger partial charge >= 0.3 is 39.5 Å². The van der Waals surface area contributed by atoms with Gasteiger partial charge in [0.1, 0.15) is 19.3 Å². The van der Waals surface area contributed by atoms with Crippen molar-refractivity contribution in [2.45, 2.75) is 303 Å². The second-order valence-corrected chi connectivity index (χ2v) is 29.8. The molecule has 0 saturated heterocycles. The first-order chi connectivity index (χ1) is 54.7. The molecule has 0 aliphatic rings. The number of phosphoric acid groups is 2. The second kappa shape index (κ2) is 82.4. The van der Waals surface area contributed by atoms with Gasteiger partial charge in [0.15, 0.2) is 12.2 Å². The fourth-order valence-electron chi connectivity index (χ4n) is 10.1. The average Bonchev–Trinajstić information content (AvgIpc) is 0.895. The van der Waals surface area contributed by atoms with Crippen LogP contribution in [0.4, 0.5) is 0 Å². The molecule has 5 atom stereocenters. The number of carbonyl (C=O) groups excluding carboxylic acids is 4. The van der Waals surface area contributed by atoms with Gasteiger partial charge in [0.05, 0.1) is 26.4 Å². The van der Waals surface area contributed by atoms with Crippen molar-refractivity contribution in [3.05, 3.63) is 219 Å². The molecule has 17 nitrogen and oxygen atoms in total. The van der Waals surface area contributed by atoms with Crippen molar-refractivity contribution in [2.75, 3.05) is 39.6 Å². The lowest BCUT2D eigenvalue weighted by Crippen LogP contribution is -2.30. The molecule has 112 heavy (non-hydrogen) atoms. The van der Waals surface area contributed by atoms with Crippen molar-refractivity contribution in [3.8, 4) is 0 Å². The number of hydrogen-bond donors (Lipinski definition) is 3. The number of esters is 4. The molecule has 3 N–H and O–H groups in total. The maximum atomic E-state index is 13.1. The molecule has 0 heterocycles. The number of phosphoric ester groups is 2. The van der Waals surface area contributed by atoms with Crippen LogP contribution in [-0.4, -0.2) is 96.7 Å². The Labute approximate surface area is 677 Å². The van der Waals surface area contributed by atoms with E-state index >= 15 is 0 Å². The van der Waals surface area contributed by atoms with E-state index in [1.54, 1.807) is 0 Å². The van der Waals surface area contributed by atoms with Crippen LogP contribution in [0.15, 0.2) is 219 Å². The van der Waals surface area contributed by atoms with Gasteiger partial charge in [0.25, 0.3) is 0 Å². The van der Waals surface area contributed by atoms with Crippen molar-refractivity contribution >= 4 is 39.5 Å². The molecule has 0 radical (unpaired) electrons. The summed E-state index contributed by atoms with van der Waals surface area (Å²) in [6.07, 6.45) is 105. The van der Waals surface area contributed by atoms with Crippen LogP contribution >= 0.6 is 15.6 Å². The largest absolute Gasteiger partial charge is 0.472 e. The molecule has 0 aromatic carbocycles. The lowest BCUT2D eigenvalue weighted by atomic mass is 10.1. The van der Waals surface area contributed by atoms with Crippen molar-refractivity contribution in [3.63, 3.8) is 0 Å². The van der Waals surface area contributed by atoms with Gasteiger partial charge in [-0.05, 0) is 186 Å². The number of ether oxygens (including phenoxy) is 4. The number of aliphatic hydroxyl groups excluding tert-OH is 1. The van der Waals surface area contributed by atoms with Gasteiger partial charge in [-0.15, -0.1) is 0 Å². The summed E-state index contributed by atoms with van der Waals surface area (Å²) in [5.74, 6) is -2.39. The Balaban J connectivity index is 5.56. The lowest BCUT2D eigenvalue weighted by Gasteiger charge is -2.21. The highest BCUT2D eigenvalue weighted by molar-refractivity contribution is 7.47. The van der Waals surface area contributed by atoms with Crippen LogP contribution in [0.1, 0.15) is 285 Å². The fourth-order valence-corrected chi connectivity index (χ4v) is 11.7. The Morgan fingerprint density at radius 1 is 0.259 bits per heavy atom. The lowest BCUT2D eigenvalue weighted by molar-refractivity contribution is -0.161. The van der Waals surface area contributed by atoms with E-state index in [0.29, 0.717) is 38.5 Å². The summed E-state index contributed by atoms with van der Waals surface area (Å²) in [6, 6.07) is 0. The SMILES string of the molecule is CC/C=C\C/C=C\C/C=C\C/C=C\C/C=C\CCCCCC(=O)OCC(COP(=O)(O)OCC(O)COP(=O)(O)OCC(COC(=O)CCCCCCCC/C=C\C/C=C\C/C=C\CCCCC)OC(=O)CCC/C=C\C/C=C\C/C=C\C/C=C\C/C=C\CC)OC(=O)CCC/C=C\C/C=C\C/C=C\C/C=C\C/C=C\CC. The minimum absolute atomic E-state index is 0.00219. The second-order valence-electron chi connectivity index (χ2n) is 26.9. The number of carbonyl (C=O) groups is 4. The quantitative estimate of drug-likeness (QED) is 0.0169. The third-order valence-electron chi connectivity index (χ3n) is 16.4. The van der Waals surface area contributed by atoms with Gasteiger partial charge in [-0.1, -0.05) is 291 Å². The molecular formula is C93H146O17P2. The van der Waals surface area contributed by atoms with E-state index in [-0.39, 0.29) is 25.7 Å². The van der Waals surface area contributed by atoms with Crippen molar-refractivity contribution in [2.24, 2.45) is 0 Å².